The summed E-state index contributed by atoms with van der Waals surface area (Å²) >= 11 is 0. The third-order valence-electron chi connectivity index (χ3n) is 6.24. The Kier molecular flexibility index (Phi) is 5.81. The third kappa shape index (κ3) is 4.17. The number of carbonyl (C=O) groups excluding carboxylic acids is 2. The molecule has 3 aromatic rings. The number of aromatic nitrogens is 1. The molecule has 0 saturated carbocycles. The molecule has 1 aromatic heterocycles. The van der Waals surface area contributed by atoms with Crippen molar-refractivity contribution in [2.45, 2.75) is 31.8 Å². The summed E-state index contributed by atoms with van der Waals surface area (Å²) < 4.78 is 34.1. The first-order chi connectivity index (χ1) is 16.8. The number of pyridine rings is 1. The fourth-order valence-corrected chi connectivity index (χ4v) is 4.50. The monoisotopic (exact) mass is 481 g/mol. The summed E-state index contributed by atoms with van der Waals surface area (Å²) in [4.78, 5) is 40.2. The molecule has 8 nitrogen and oxygen atoms in total. The van der Waals surface area contributed by atoms with Crippen molar-refractivity contribution >= 4 is 11.8 Å². The van der Waals surface area contributed by atoms with E-state index in [0.717, 1.165) is 11.6 Å². The molecule has 2 aliphatic rings. The Labute approximate surface area is 198 Å². The Bertz CT molecular complexity index is 1380. The number of carbonyl (C=O) groups is 2. The van der Waals surface area contributed by atoms with Gasteiger partial charge in [-0.05, 0) is 18.1 Å². The second-order valence-corrected chi connectivity index (χ2v) is 8.48. The molecular weight excluding hydrogens is 460 g/mol. The average Bonchev–Trinajstić information content (AvgIpc) is 3.23. The predicted octanol–water partition coefficient (Wildman–Crippen LogP) is 2.19. The van der Waals surface area contributed by atoms with Crippen molar-refractivity contribution in [3.8, 4) is 5.75 Å². The van der Waals surface area contributed by atoms with Crippen LogP contribution in [0.3, 0.4) is 0 Å². The smallest absolute Gasteiger partial charge is 0.276 e. The van der Waals surface area contributed by atoms with E-state index in [-0.39, 0.29) is 30.4 Å². The van der Waals surface area contributed by atoms with Crippen molar-refractivity contribution in [2.75, 3.05) is 6.61 Å². The zero-order valence-corrected chi connectivity index (χ0v) is 18.4. The molecule has 0 aliphatic carbocycles. The summed E-state index contributed by atoms with van der Waals surface area (Å²) in [7, 11) is 0. The van der Waals surface area contributed by atoms with Crippen molar-refractivity contribution in [1.82, 2.24) is 14.8 Å². The number of rotatable bonds is 5. The number of benzene rings is 2. The van der Waals surface area contributed by atoms with Gasteiger partial charge in [-0.15, -0.1) is 0 Å². The predicted molar refractivity (Wildman–Crippen MR) is 120 cm³/mol. The van der Waals surface area contributed by atoms with E-state index >= 15 is 0 Å². The van der Waals surface area contributed by atoms with Gasteiger partial charge in [-0.2, -0.15) is 0 Å². The quantitative estimate of drug-likeness (QED) is 0.582. The first-order valence-electron chi connectivity index (χ1n) is 11.0. The van der Waals surface area contributed by atoms with E-state index in [9.17, 15) is 28.3 Å². The maximum absolute atomic E-state index is 13.9. The molecule has 1 saturated heterocycles. The van der Waals surface area contributed by atoms with Gasteiger partial charge in [0.15, 0.2) is 17.7 Å². The number of amides is 2. The third-order valence-corrected chi connectivity index (χ3v) is 6.24. The van der Waals surface area contributed by atoms with E-state index < -0.39 is 46.4 Å². The van der Waals surface area contributed by atoms with Gasteiger partial charge in [0.25, 0.3) is 11.8 Å². The number of nitrogens with one attached hydrogen (secondary N) is 1. The highest BCUT2D eigenvalue weighted by Crippen LogP contribution is 2.31. The SMILES string of the molecule is O=C(NCc1ccc(F)cc1F)c1cn2c(c(O)c1=O)C(=O)N1[C@@H](Cc3ccccc3)CO[C@@H]1C2. The van der Waals surface area contributed by atoms with Crippen LogP contribution in [0.15, 0.2) is 59.5 Å². The number of hydrogen-bond donors (Lipinski definition) is 2. The van der Waals surface area contributed by atoms with E-state index in [1.807, 2.05) is 30.3 Å². The molecule has 35 heavy (non-hydrogen) atoms. The van der Waals surface area contributed by atoms with Crippen molar-refractivity contribution in [1.29, 1.82) is 0 Å². The fourth-order valence-electron chi connectivity index (χ4n) is 4.50. The second kappa shape index (κ2) is 8.95. The minimum absolute atomic E-state index is 0.0247. The highest BCUT2D eigenvalue weighted by molar-refractivity contribution is 5.99. The summed E-state index contributed by atoms with van der Waals surface area (Å²) in [5, 5.41) is 13.0. The minimum Gasteiger partial charge on any atom is -0.503 e. The number of hydrogen-bond acceptors (Lipinski definition) is 5. The zero-order chi connectivity index (χ0) is 24.7. The normalized spacial score (nSPS) is 18.8. The first kappa shape index (κ1) is 22.7. The topological polar surface area (TPSA) is 101 Å². The van der Waals surface area contributed by atoms with E-state index in [0.29, 0.717) is 19.1 Å². The summed E-state index contributed by atoms with van der Waals surface area (Å²) in [6.45, 7) is 0.112. The lowest BCUT2D eigenvalue weighted by Gasteiger charge is -2.34. The average molecular weight is 481 g/mol. The summed E-state index contributed by atoms with van der Waals surface area (Å²) in [5.41, 5.74) is -0.590. The van der Waals surface area contributed by atoms with Crippen LogP contribution in [-0.4, -0.2) is 45.3 Å². The standard InChI is InChI=1S/C25H21F2N3O5/c26-16-7-6-15(19(27)9-16)10-28-24(33)18-11-29-12-20-30(25(34)21(29)23(32)22(18)31)17(13-35-20)8-14-4-2-1-3-5-14/h1-7,9,11,17,20,32H,8,10,12-13H2,(H,28,33)/t17-,20+/m0/s1. The molecule has 3 heterocycles. The van der Waals surface area contributed by atoms with Gasteiger partial charge < -0.3 is 24.6 Å². The molecule has 2 aliphatic heterocycles. The van der Waals surface area contributed by atoms with Gasteiger partial charge in [-0.3, -0.25) is 14.4 Å². The van der Waals surface area contributed by atoms with Crippen LogP contribution in [0.1, 0.15) is 32.0 Å². The first-order valence-corrected chi connectivity index (χ1v) is 11.0. The van der Waals surface area contributed by atoms with Gasteiger partial charge in [0, 0.05) is 24.4 Å². The number of nitrogens with zero attached hydrogens (tertiary/aromatic N) is 2. The molecule has 10 heteroatoms. The van der Waals surface area contributed by atoms with Crippen LogP contribution in [0.2, 0.25) is 0 Å². The summed E-state index contributed by atoms with van der Waals surface area (Å²) in [6.07, 6.45) is 1.13. The molecule has 0 radical (unpaired) electrons. The van der Waals surface area contributed by atoms with Crippen molar-refractivity contribution in [3.63, 3.8) is 0 Å². The summed E-state index contributed by atoms with van der Waals surface area (Å²) in [5.74, 6) is -3.86. The van der Waals surface area contributed by atoms with Gasteiger partial charge in [-0.1, -0.05) is 36.4 Å². The van der Waals surface area contributed by atoms with E-state index in [1.54, 1.807) is 0 Å². The maximum atomic E-state index is 13.9. The number of fused-ring (bicyclic) bond motifs is 2. The molecule has 2 aromatic carbocycles. The van der Waals surface area contributed by atoms with Crippen LogP contribution in [-0.2, 0) is 24.2 Å². The molecule has 5 rings (SSSR count). The highest BCUT2D eigenvalue weighted by atomic mass is 19.1. The van der Waals surface area contributed by atoms with Crippen LogP contribution in [0.25, 0.3) is 0 Å². The fraction of sp³-hybridized carbons (Fsp3) is 0.240. The molecule has 180 valence electrons. The Morgan fingerprint density at radius 3 is 2.66 bits per heavy atom. The number of halogens is 2. The Balaban J connectivity index is 1.39. The Morgan fingerprint density at radius 1 is 1.14 bits per heavy atom. The van der Waals surface area contributed by atoms with E-state index in [2.05, 4.69) is 5.32 Å². The van der Waals surface area contributed by atoms with Crippen molar-refractivity contribution in [2.24, 2.45) is 0 Å². The molecule has 0 unspecified atom stereocenters. The van der Waals surface area contributed by atoms with Crippen molar-refractivity contribution in [3.05, 3.63) is 99.0 Å². The summed E-state index contributed by atoms with van der Waals surface area (Å²) in [6, 6.07) is 12.2. The Hall–Kier alpha value is -4.05. The number of aromatic hydroxyl groups is 1. The van der Waals surface area contributed by atoms with Crippen LogP contribution in [0, 0.1) is 11.6 Å². The highest BCUT2D eigenvalue weighted by Gasteiger charge is 2.44. The van der Waals surface area contributed by atoms with Crippen LogP contribution in [0.4, 0.5) is 8.78 Å². The van der Waals surface area contributed by atoms with Gasteiger partial charge in [0.05, 0.1) is 19.2 Å². The van der Waals surface area contributed by atoms with Gasteiger partial charge >= 0.3 is 0 Å². The molecular formula is C25H21F2N3O5. The van der Waals surface area contributed by atoms with Gasteiger partial charge in [0.1, 0.15) is 17.2 Å². The Morgan fingerprint density at radius 2 is 1.91 bits per heavy atom. The van der Waals surface area contributed by atoms with Crippen molar-refractivity contribution < 1.29 is 28.2 Å². The molecule has 1 fully saturated rings. The van der Waals surface area contributed by atoms with E-state index in [1.165, 1.54) is 21.7 Å². The van der Waals surface area contributed by atoms with Crippen LogP contribution in [0.5, 0.6) is 5.75 Å². The van der Waals surface area contributed by atoms with Gasteiger partial charge in [0.2, 0.25) is 5.43 Å². The van der Waals surface area contributed by atoms with Crippen LogP contribution >= 0.6 is 0 Å². The second-order valence-electron chi connectivity index (χ2n) is 8.48. The molecule has 2 atom stereocenters. The van der Waals surface area contributed by atoms with Gasteiger partial charge in [-0.25, -0.2) is 8.78 Å². The molecule has 0 spiro atoms. The van der Waals surface area contributed by atoms with E-state index in [4.69, 9.17) is 4.74 Å². The number of ether oxygens (including phenoxy) is 1. The molecule has 2 N–H and O–H groups in total. The lowest BCUT2D eigenvalue weighted by molar-refractivity contribution is 0.00575. The largest absolute Gasteiger partial charge is 0.503 e. The zero-order valence-electron chi connectivity index (χ0n) is 18.4. The minimum atomic E-state index is -1.01. The molecule has 0 bridgehead atoms. The lowest BCUT2D eigenvalue weighted by Crippen LogP contribution is -2.50. The lowest BCUT2D eigenvalue weighted by atomic mass is 10.0. The molecule has 2 amide bonds. The van der Waals surface area contributed by atoms with Crippen LogP contribution < -0.4 is 10.7 Å². The maximum Gasteiger partial charge on any atom is 0.276 e.